The first-order valence-electron chi connectivity index (χ1n) is 9.85. The first-order valence-corrected chi connectivity index (χ1v) is 12.6. The van der Waals surface area contributed by atoms with Crippen molar-refractivity contribution in [3.05, 3.63) is 24.4 Å². The summed E-state index contributed by atoms with van der Waals surface area (Å²) >= 11 is 1.81. The van der Waals surface area contributed by atoms with E-state index in [2.05, 4.69) is 25.1 Å². The zero-order valence-corrected chi connectivity index (χ0v) is 20.8. The van der Waals surface area contributed by atoms with Crippen molar-refractivity contribution in [2.24, 2.45) is 4.99 Å². The molecule has 11 heteroatoms. The summed E-state index contributed by atoms with van der Waals surface area (Å²) in [5, 5.41) is 3.30. The smallest absolute Gasteiger partial charge is 0.215 e. The molecule has 3 heterocycles. The molecule has 0 atom stereocenters. The van der Waals surface area contributed by atoms with Crippen LogP contribution in [-0.4, -0.2) is 98.2 Å². The summed E-state index contributed by atoms with van der Waals surface area (Å²) in [4.78, 5) is 13.5. The molecule has 2 saturated heterocycles. The van der Waals surface area contributed by atoms with Crippen LogP contribution in [0.1, 0.15) is 6.92 Å². The van der Waals surface area contributed by atoms with Crippen LogP contribution in [0.4, 0.5) is 5.82 Å². The van der Waals surface area contributed by atoms with Gasteiger partial charge >= 0.3 is 0 Å². The summed E-state index contributed by atoms with van der Waals surface area (Å²) < 4.78 is 26.6. The molecule has 0 unspecified atom stereocenters. The largest absolute Gasteiger partial charge is 0.357 e. The number of thioether (sulfide) groups is 1. The molecule has 29 heavy (non-hydrogen) atoms. The molecule has 3 rings (SSSR count). The van der Waals surface area contributed by atoms with E-state index in [0.717, 1.165) is 56.0 Å². The van der Waals surface area contributed by atoms with Gasteiger partial charge in [0, 0.05) is 63.5 Å². The molecule has 2 fully saturated rings. The van der Waals surface area contributed by atoms with Gasteiger partial charge in [-0.2, -0.15) is 11.8 Å². The second kappa shape index (κ2) is 12.2. The molecule has 0 bridgehead atoms. The average molecular weight is 555 g/mol. The van der Waals surface area contributed by atoms with Crippen LogP contribution < -0.4 is 10.2 Å². The van der Waals surface area contributed by atoms with E-state index in [1.165, 1.54) is 0 Å². The fourth-order valence-corrected chi connectivity index (χ4v) is 5.79. The lowest BCUT2D eigenvalue weighted by Gasteiger charge is -2.37. The van der Waals surface area contributed by atoms with Gasteiger partial charge in [0.1, 0.15) is 5.82 Å². The number of nitrogens with one attached hydrogen (secondary N) is 1. The number of rotatable bonds is 6. The highest BCUT2D eigenvalue weighted by Crippen LogP contribution is 2.14. The number of guanidine groups is 1. The van der Waals surface area contributed by atoms with Crippen molar-refractivity contribution in [3.63, 3.8) is 0 Å². The standard InChI is InChI=1S/C18H30N6O2S2.HI/c1-2-19-18(21-7-16-28(25,26)24-12-14-27-15-13-24)23-10-8-22(9-11-23)17-5-3-4-6-20-17;/h3-6H,2,7-16H2,1H3,(H,19,21);1H. The lowest BCUT2D eigenvalue weighted by atomic mass is 10.3. The first-order chi connectivity index (χ1) is 13.6. The Hall–Kier alpha value is -0.790. The Labute approximate surface area is 195 Å². The summed E-state index contributed by atoms with van der Waals surface area (Å²) in [5.74, 6) is 3.63. The van der Waals surface area contributed by atoms with E-state index in [-0.39, 0.29) is 36.3 Å². The van der Waals surface area contributed by atoms with E-state index in [9.17, 15) is 8.42 Å². The van der Waals surface area contributed by atoms with Gasteiger partial charge in [-0.15, -0.1) is 24.0 Å². The molecule has 1 N–H and O–H groups in total. The third-order valence-corrected chi connectivity index (χ3v) is 7.65. The second-order valence-corrected chi connectivity index (χ2v) is 10.0. The lowest BCUT2D eigenvalue weighted by molar-refractivity contribution is 0.371. The maximum absolute atomic E-state index is 12.5. The first kappa shape index (κ1) is 24.5. The Kier molecular flexibility index (Phi) is 10.3. The van der Waals surface area contributed by atoms with Gasteiger partial charge in [0.15, 0.2) is 5.96 Å². The SMILES string of the molecule is CCNC(=NCCS(=O)(=O)N1CCSCC1)N1CCN(c2ccccn2)CC1.I. The number of hydrogen-bond acceptors (Lipinski definition) is 6. The Balaban J connectivity index is 0.00000300. The van der Waals surface area contributed by atoms with Crippen molar-refractivity contribution in [3.8, 4) is 0 Å². The molecule has 0 aromatic carbocycles. The summed E-state index contributed by atoms with van der Waals surface area (Å²) in [6, 6.07) is 5.95. The van der Waals surface area contributed by atoms with Crippen molar-refractivity contribution in [2.75, 3.05) is 74.5 Å². The van der Waals surface area contributed by atoms with Gasteiger partial charge in [-0.25, -0.2) is 17.7 Å². The maximum atomic E-state index is 12.5. The van der Waals surface area contributed by atoms with Gasteiger partial charge < -0.3 is 15.1 Å². The number of sulfonamides is 1. The molecule has 8 nitrogen and oxygen atoms in total. The van der Waals surface area contributed by atoms with E-state index in [4.69, 9.17) is 0 Å². The molecule has 1 aromatic rings. The molecule has 2 aliphatic rings. The Morgan fingerprint density at radius 2 is 1.90 bits per heavy atom. The van der Waals surface area contributed by atoms with Crippen molar-refractivity contribution >= 4 is 57.5 Å². The summed E-state index contributed by atoms with van der Waals surface area (Å²) in [6.07, 6.45) is 1.81. The number of aliphatic imine (C=N–C) groups is 1. The molecule has 0 spiro atoms. The zero-order valence-electron chi connectivity index (χ0n) is 16.9. The van der Waals surface area contributed by atoms with Crippen molar-refractivity contribution in [2.45, 2.75) is 6.92 Å². The normalized spacial score (nSPS) is 19.0. The number of hydrogen-bond donors (Lipinski definition) is 1. The monoisotopic (exact) mass is 554 g/mol. The molecular weight excluding hydrogens is 523 g/mol. The van der Waals surface area contributed by atoms with Crippen molar-refractivity contribution in [1.82, 2.24) is 19.5 Å². The third kappa shape index (κ3) is 7.14. The number of nitrogens with zero attached hydrogens (tertiary/aromatic N) is 5. The van der Waals surface area contributed by atoms with Gasteiger partial charge in [0.25, 0.3) is 0 Å². The quantitative estimate of drug-likeness (QED) is 0.321. The summed E-state index contributed by atoms with van der Waals surface area (Å²) in [6.45, 7) is 7.71. The fourth-order valence-electron chi connectivity index (χ4n) is 3.33. The number of anilines is 1. The van der Waals surface area contributed by atoms with E-state index in [0.29, 0.717) is 13.1 Å². The van der Waals surface area contributed by atoms with E-state index < -0.39 is 10.0 Å². The van der Waals surface area contributed by atoms with Crippen LogP contribution in [0.15, 0.2) is 29.4 Å². The zero-order chi connectivity index (χ0) is 19.8. The fraction of sp³-hybridized carbons (Fsp3) is 0.667. The Morgan fingerprint density at radius 1 is 1.17 bits per heavy atom. The van der Waals surface area contributed by atoms with Crippen LogP contribution in [0.3, 0.4) is 0 Å². The van der Waals surface area contributed by atoms with E-state index in [1.54, 1.807) is 4.31 Å². The third-order valence-electron chi connectivity index (χ3n) is 4.86. The molecule has 2 aliphatic heterocycles. The average Bonchev–Trinajstić information content (AvgIpc) is 2.74. The van der Waals surface area contributed by atoms with Crippen LogP contribution in [0.2, 0.25) is 0 Å². The highest BCUT2D eigenvalue weighted by Gasteiger charge is 2.24. The van der Waals surface area contributed by atoms with Crippen molar-refractivity contribution in [1.29, 1.82) is 0 Å². The molecule has 164 valence electrons. The van der Waals surface area contributed by atoms with Crippen LogP contribution in [0.25, 0.3) is 0 Å². The van der Waals surface area contributed by atoms with E-state index in [1.807, 2.05) is 43.1 Å². The van der Waals surface area contributed by atoms with Gasteiger partial charge in [-0.3, -0.25) is 4.99 Å². The predicted octanol–water partition coefficient (Wildman–Crippen LogP) is 1.17. The highest BCUT2D eigenvalue weighted by atomic mass is 127. The van der Waals surface area contributed by atoms with Crippen LogP contribution in [-0.2, 0) is 10.0 Å². The van der Waals surface area contributed by atoms with Gasteiger partial charge in [-0.05, 0) is 19.1 Å². The summed E-state index contributed by atoms with van der Waals surface area (Å²) in [5.41, 5.74) is 0. The number of aromatic nitrogens is 1. The number of piperazine rings is 1. The Bertz CT molecular complexity index is 736. The minimum Gasteiger partial charge on any atom is -0.357 e. The number of halogens is 1. The minimum absolute atomic E-state index is 0. The van der Waals surface area contributed by atoms with Gasteiger partial charge in [-0.1, -0.05) is 6.07 Å². The van der Waals surface area contributed by atoms with Crippen molar-refractivity contribution < 1.29 is 8.42 Å². The highest BCUT2D eigenvalue weighted by molar-refractivity contribution is 14.0. The predicted molar refractivity (Wildman–Crippen MR) is 132 cm³/mol. The topological polar surface area (TPSA) is 81.1 Å². The Morgan fingerprint density at radius 3 is 2.52 bits per heavy atom. The molecule has 0 aliphatic carbocycles. The molecular formula is C18H31IN6O2S2. The minimum atomic E-state index is -3.22. The second-order valence-electron chi connectivity index (χ2n) is 6.73. The number of pyridine rings is 1. The van der Waals surface area contributed by atoms with Gasteiger partial charge in [0.2, 0.25) is 10.0 Å². The van der Waals surface area contributed by atoms with Crippen LogP contribution in [0, 0.1) is 0 Å². The molecule has 0 radical (unpaired) electrons. The molecule has 0 saturated carbocycles. The van der Waals surface area contributed by atoms with E-state index >= 15 is 0 Å². The van der Waals surface area contributed by atoms with Crippen LogP contribution >= 0.6 is 35.7 Å². The maximum Gasteiger partial charge on any atom is 0.215 e. The molecule has 0 amide bonds. The van der Waals surface area contributed by atoms with Crippen LogP contribution in [0.5, 0.6) is 0 Å². The molecule has 1 aromatic heterocycles. The van der Waals surface area contributed by atoms with Gasteiger partial charge in [0.05, 0.1) is 12.3 Å². The summed E-state index contributed by atoms with van der Waals surface area (Å²) in [7, 11) is -3.22. The lowest BCUT2D eigenvalue weighted by Crippen LogP contribution is -2.53.